The van der Waals surface area contributed by atoms with Gasteiger partial charge in [0.15, 0.2) is 0 Å². The number of β-amino-alcohol motifs (C(OH)–C–C–N with tert-alkyl or cyclic N) is 1. The van der Waals surface area contributed by atoms with Gasteiger partial charge >= 0.3 is 0 Å². The Bertz CT molecular complexity index is 270. The minimum absolute atomic E-state index is 0.130. The first-order valence-corrected chi connectivity index (χ1v) is 6.30. The Morgan fingerprint density at radius 1 is 1.38 bits per heavy atom. The Morgan fingerprint density at radius 2 is 2.12 bits per heavy atom. The molecule has 1 heterocycles. The number of aliphatic hydroxyl groups excluding tert-OH is 1. The van der Waals surface area contributed by atoms with E-state index in [-0.39, 0.29) is 24.0 Å². The number of nitrogens with two attached hydrogens (primary N) is 1. The quantitative estimate of drug-likeness (QED) is 0.677. The van der Waals surface area contributed by atoms with Gasteiger partial charge in [0.05, 0.1) is 6.10 Å². The van der Waals surface area contributed by atoms with Gasteiger partial charge < -0.3 is 15.7 Å². The van der Waals surface area contributed by atoms with Crippen molar-refractivity contribution in [1.82, 2.24) is 4.90 Å². The molecule has 1 saturated carbocycles. The van der Waals surface area contributed by atoms with E-state index < -0.39 is 0 Å². The van der Waals surface area contributed by atoms with E-state index in [1.165, 1.54) is 0 Å². The monoisotopic (exact) mass is 226 g/mol. The second-order valence-electron chi connectivity index (χ2n) is 5.38. The zero-order valence-electron chi connectivity index (χ0n) is 9.93. The largest absolute Gasteiger partial charge is 0.391 e. The lowest BCUT2D eigenvalue weighted by atomic mass is 9.77. The van der Waals surface area contributed by atoms with Crippen LogP contribution in [0.25, 0.3) is 0 Å². The third-order valence-corrected chi connectivity index (χ3v) is 4.00. The Kier molecular flexibility index (Phi) is 3.50. The fraction of sp³-hybridized carbons (Fsp3) is 0.917. The molecular formula is C12H22N2O2. The molecule has 0 radical (unpaired) electrons. The molecule has 2 fully saturated rings. The van der Waals surface area contributed by atoms with E-state index in [1.807, 2.05) is 4.90 Å². The van der Waals surface area contributed by atoms with Crippen LogP contribution in [0.15, 0.2) is 0 Å². The maximum absolute atomic E-state index is 12.2. The molecule has 1 aliphatic heterocycles. The van der Waals surface area contributed by atoms with Gasteiger partial charge in [-0.05, 0) is 31.6 Å². The highest BCUT2D eigenvalue weighted by Gasteiger charge is 2.35. The van der Waals surface area contributed by atoms with Gasteiger partial charge in [-0.3, -0.25) is 4.79 Å². The average molecular weight is 226 g/mol. The number of carbonyl (C=O) groups is 1. The van der Waals surface area contributed by atoms with Crippen LogP contribution in [0.5, 0.6) is 0 Å². The normalized spacial score (nSPS) is 40.1. The van der Waals surface area contributed by atoms with Gasteiger partial charge in [0.2, 0.25) is 5.91 Å². The summed E-state index contributed by atoms with van der Waals surface area (Å²) in [6.07, 6.45) is 3.23. The summed E-state index contributed by atoms with van der Waals surface area (Å²) >= 11 is 0. The van der Waals surface area contributed by atoms with E-state index >= 15 is 0 Å². The molecule has 0 bridgehead atoms. The molecule has 1 amide bonds. The summed E-state index contributed by atoms with van der Waals surface area (Å²) in [7, 11) is 0. The van der Waals surface area contributed by atoms with Crippen LogP contribution in [0.4, 0.5) is 0 Å². The van der Waals surface area contributed by atoms with E-state index in [4.69, 9.17) is 5.73 Å². The van der Waals surface area contributed by atoms with Crippen LogP contribution in [0.3, 0.4) is 0 Å². The molecule has 0 spiro atoms. The number of amides is 1. The van der Waals surface area contributed by atoms with E-state index in [0.717, 1.165) is 32.2 Å². The maximum Gasteiger partial charge on any atom is 0.226 e. The molecule has 1 saturated heterocycles. The van der Waals surface area contributed by atoms with Crippen LogP contribution in [0.2, 0.25) is 0 Å². The molecule has 0 aromatic heterocycles. The van der Waals surface area contributed by atoms with Crippen LogP contribution in [0, 0.1) is 11.8 Å². The highest BCUT2D eigenvalue weighted by molar-refractivity contribution is 5.79. The van der Waals surface area contributed by atoms with Crippen molar-refractivity contribution in [3.63, 3.8) is 0 Å². The molecule has 3 N–H and O–H groups in total. The van der Waals surface area contributed by atoms with Gasteiger partial charge in [-0.1, -0.05) is 6.92 Å². The maximum atomic E-state index is 12.2. The third-order valence-electron chi connectivity index (χ3n) is 4.00. The summed E-state index contributed by atoms with van der Waals surface area (Å²) in [4.78, 5) is 14.1. The summed E-state index contributed by atoms with van der Waals surface area (Å²) in [6, 6.07) is 0.267. The molecule has 16 heavy (non-hydrogen) atoms. The summed E-state index contributed by atoms with van der Waals surface area (Å²) in [5.74, 6) is 0.745. The zero-order valence-corrected chi connectivity index (χ0v) is 9.93. The second-order valence-corrected chi connectivity index (χ2v) is 5.38. The number of nitrogens with zero attached hydrogens (tertiary/aromatic N) is 1. The van der Waals surface area contributed by atoms with Gasteiger partial charge in [-0.2, -0.15) is 0 Å². The van der Waals surface area contributed by atoms with Gasteiger partial charge in [0.25, 0.3) is 0 Å². The molecule has 4 nitrogen and oxygen atoms in total. The smallest absolute Gasteiger partial charge is 0.226 e. The van der Waals surface area contributed by atoms with Crippen molar-refractivity contribution in [1.29, 1.82) is 0 Å². The molecule has 2 rings (SSSR count). The van der Waals surface area contributed by atoms with E-state index in [9.17, 15) is 9.90 Å². The molecule has 0 aromatic rings. The number of hydrogen-bond donors (Lipinski definition) is 2. The second kappa shape index (κ2) is 4.72. The van der Waals surface area contributed by atoms with E-state index in [2.05, 4.69) is 6.92 Å². The van der Waals surface area contributed by atoms with Gasteiger partial charge in [-0.15, -0.1) is 0 Å². The van der Waals surface area contributed by atoms with Crippen molar-refractivity contribution in [3.8, 4) is 0 Å². The third kappa shape index (κ3) is 2.38. The zero-order chi connectivity index (χ0) is 11.7. The molecular weight excluding hydrogens is 204 g/mol. The van der Waals surface area contributed by atoms with Crippen molar-refractivity contribution in [2.75, 3.05) is 13.1 Å². The summed E-state index contributed by atoms with van der Waals surface area (Å²) in [5.41, 5.74) is 5.90. The summed E-state index contributed by atoms with van der Waals surface area (Å²) in [5, 5.41) is 9.44. The van der Waals surface area contributed by atoms with Crippen molar-refractivity contribution in [2.45, 2.75) is 44.8 Å². The highest BCUT2D eigenvalue weighted by atomic mass is 16.3. The fourth-order valence-electron chi connectivity index (χ4n) is 2.98. The van der Waals surface area contributed by atoms with Crippen LogP contribution >= 0.6 is 0 Å². The highest BCUT2D eigenvalue weighted by Crippen LogP contribution is 2.31. The number of hydrogen-bond acceptors (Lipinski definition) is 3. The Labute approximate surface area is 96.8 Å². The molecule has 0 aromatic carbocycles. The van der Waals surface area contributed by atoms with Crippen molar-refractivity contribution in [3.05, 3.63) is 0 Å². The topological polar surface area (TPSA) is 66.6 Å². The first-order valence-electron chi connectivity index (χ1n) is 6.30. The predicted molar refractivity (Wildman–Crippen MR) is 61.7 cm³/mol. The minimum Gasteiger partial charge on any atom is -0.391 e. The Morgan fingerprint density at radius 3 is 2.69 bits per heavy atom. The standard InChI is InChI=1S/C12H22N2O2/c1-8-6-9(13)2-3-11(8)12(16)14-5-4-10(15)7-14/h8-11,15H,2-7,13H2,1H3. The van der Waals surface area contributed by atoms with Crippen molar-refractivity contribution >= 4 is 5.91 Å². The van der Waals surface area contributed by atoms with Crippen LogP contribution in [-0.2, 0) is 4.79 Å². The van der Waals surface area contributed by atoms with Gasteiger partial charge in [0.1, 0.15) is 0 Å². The SMILES string of the molecule is CC1CC(N)CCC1C(=O)N1CCC(O)C1. The minimum atomic E-state index is -0.315. The van der Waals surface area contributed by atoms with Crippen LogP contribution < -0.4 is 5.73 Å². The molecule has 92 valence electrons. The molecule has 4 atom stereocenters. The Balaban J connectivity index is 1.94. The first-order chi connectivity index (χ1) is 7.58. The van der Waals surface area contributed by atoms with Crippen LogP contribution in [0.1, 0.15) is 32.6 Å². The van der Waals surface area contributed by atoms with Gasteiger partial charge in [0, 0.05) is 25.0 Å². The molecule has 2 aliphatic rings. The predicted octanol–water partition coefficient (Wildman–Crippen LogP) is 0.343. The van der Waals surface area contributed by atoms with Crippen molar-refractivity contribution in [2.24, 2.45) is 17.6 Å². The number of likely N-dealkylation sites (tertiary alicyclic amines) is 1. The number of carbonyl (C=O) groups excluding carboxylic acids is 1. The van der Waals surface area contributed by atoms with Crippen LogP contribution in [-0.4, -0.2) is 41.1 Å². The molecule has 1 aliphatic carbocycles. The van der Waals surface area contributed by atoms with E-state index in [0.29, 0.717) is 12.5 Å². The average Bonchev–Trinajstić information content (AvgIpc) is 2.64. The summed E-state index contributed by atoms with van der Waals surface area (Å²) in [6.45, 7) is 3.36. The van der Waals surface area contributed by atoms with Gasteiger partial charge in [-0.25, -0.2) is 0 Å². The lowest BCUT2D eigenvalue weighted by Gasteiger charge is -2.33. The van der Waals surface area contributed by atoms with Crippen molar-refractivity contribution < 1.29 is 9.90 Å². The lowest BCUT2D eigenvalue weighted by Crippen LogP contribution is -2.42. The number of rotatable bonds is 1. The summed E-state index contributed by atoms with van der Waals surface area (Å²) < 4.78 is 0. The molecule has 4 heteroatoms. The Hall–Kier alpha value is -0.610. The number of aliphatic hydroxyl groups is 1. The first kappa shape index (κ1) is 11.9. The fourth-order valence-corrected chi connectivity index (χ4v) is 2.98. The lowest BCUT2D eigenvalue weighted by molar-refractivity contribution is -0.137. The molecule has 4 unspecified atom stereocenters. The van der Waals surface area contributed by atoms with E-state index in [1.54, 1.807) is 0 Å².